The summed E-state index contributed by atoms with van der Waals surface area (Å²) < 4.78 is 2.29. The van der Waals surface area contributed by atoms with Crippen molar-refractivity contribution in [2.75, 3.05) is 0 Å². The first-order chi connectivity index (χ1) is 30.9. The van der Waals surface area contributed by atoms with Gasteiger partial charge in [-0.25, -0.2) is 0 Å². The SMILES string of the molecule is CC(C)c1cccc(C(C)C)c1[N-]c1ccc2ccn(-c3c4ccc(C(C)(C)C)cc4cc4ccc(C(C)(C)C)cc34)c2n1.[CH2-]c1ccccc1.[CH2-]c1ccccc1.[CH2-]c1ccccc1.[Hf]. The zero-order chi connectivity index (χ0) is 46.9. The molecule has 2 heterocycles. The summed E-state index contributed by atoms with van der Waals surface area (Å²) in [5, 5.41) is 11.3. The second-order valence-corrected chi connectivity index (χ2v) is 19.5. The van der Waals surface area contributed by atoms with E-state index in [2.05, 4.69) is 180 Å². The quantitative estimate of drug-likeness (QED) is 0.0960. The Morgan fingerprint density at radius 1 is 0.470 bits per heavy atom. The molecule has 0 N–H and O–H groups in total. The number of aromatic nitrogens is 2. The minimum absolute atomic E-state index is 0. The molecule has 4 heteroatoms. The average molecular weight is 1030 g/mol. The van der Waals surface area contributed by atoms with Crippen LogP contribution >= 0.6 is 0 Å². The molecule has 9 aromatic rings. The molecule has 0 aliphatic heterocycles. The molecule has 0 atom stereocenters. The van der Waals surface area contributed by atoms with Crippen LogP contribution in [0.2, 0.25) is 0 Å². The van der Waals surface area contributed by atoms with Crippen molar-refractivity contribution in [3.05, 3.63) is 241 Å². The first-order valence-electron chi connectivity index (χ1n) is 22.9. The fraction of sp³-hybridized carbons (Fsp3) is 0.226. The van der Waals surface area contributed by atoms with E-state index < -0.39 is 0 Å². The van der Waals surface area contributed by atoms with E-state index in [1.165, 1.54) is 49.5 Å². The molecule has 0 unspecified atom stereocenters. The van der Waals surface area contributed by atoms with Crippen molar-refractivity contribution in [1.29, 1.82) is 0 Å². The van der Waals surface area contributed by atoms with Crippen LogP contribution in [0.4, 0.5) is 11.5 Å². The second kappa shape index (κ2) is 22.5. The molecule has 0 aliphatic rings. The van der Waals surface area contributed by atoms with Crippen LogP contribution in [0, 0.1) is 20.8 Å². The van der Waals surface area contributed by atoms with Crippen molar-refractivity contribution in [3.63, 3.8) is 0 Å². The van der Waals surface area contributed by atoms with E-state index in [4.69, 9.17) is 10.3 Å². The van der Waals surface area contributed by atoms with E-state index in [9.17, 15) is 0 Å². The maximum absolute atomic E-state index is 5.25. The summed E-state index contributed by atoms with van der Waals surface area (Å²) in [7, 11) is 0. The van der Waals surface area contributed by atoms with Gasteiger partial charge < -0.3 is 14.9 Å². The average Bonchev–Trinajstić information content (AvgIpc) is 3.68. The molecule has 0 bridgehead atoms. The van der Waals surface area contributed by atoms with Gasteiger partial charge in [-0.3, -0.25) is 0 Å². The summed E-state index contributed by atoms with van der Waals surface area (Å²) in [6.45, 7) is 33.8. The zero-order valence-electron chi connectivity index (χ0n) is 40.9. The zero-order valence-corrected chi connectivity index (χ0v) is 44.5. The Hall–Kier alpha value is -5.97. The Labute approximate surface area is 415 Å². The van der Waals surface area contributed by atoms with Crippen LogP contribution in [0.3, 0.4) is 0 Å². The number of fused-ring (bicyclic) bond motifs is 3. The van der Waals surface area contributed by atoms with Crippen molar-refractivity contribution < 1.29 is 25.8 Å². The Kier molecular flexibility index (Phi) is 17.4. The van der Waals surface area contributed by atoms with Crippen LogP contribution < -0.4 is 0 Å². The summed E-state index contributed by atoms with van der Waals surface area (Å²) in [5.74, 6) is 1.48. The topological polar surface area (TPSA) is 31.9 Å². The minimum atomic E-state index is 0. The molecule has 0 saturated heterocycles. The third-order valence-corrected chi connectivity index (χ3v) is 11.5. The summed E-state index contributed by atoms with van der Waals surface area (Å²) in [4.78, 5) is 5.25. The number of nitrogens with zero attached hydrogens (tertiary/aromatic N) is 3. The normalized spacial score (nSPS) is 11.2. The minimum Gasteiger partial charge on any atom is -0.436 e. The molecule has 0 aliphatic carbocycles. The van der Waals surface area contributed by atoms with Crippen molar-refractivity contribution in [2.24, 2.45) is 0 Å². The summed E-state index contributed by atoms with van der Waals surface area (Å²) in [5.41, 5.74) is 11.7. The van der Waals surface area contributed by atoms with Gasteiger partial charge in [0.15, 0.2) is 0 Å². The molecule has 66 heavy (non-hydrogen) atoms. The van der Waals surface area contributed by atoms with Crippen molar-refractivity contribution >= 4 is 44.1 Å². The summed E-state index contributed by atoms with van der Waals surface area (Å²) in [6.07, 6.45) is 2.18. The molecule has 0 amide bonds. The fourth-order valence-electron chi connectivity index (χ4n) is 7.72. The number of pyridine rings is 1. The number of benzene rings is 7. The van der Waals surface area contributed by atoms with E-state index in [1.54, 1.807) is 0 Å². The van der Waals surface area contributed by atoms with Gasteiger partial charge in [-0.1, -0.05) is 154 Å². The molecule has 3 nitrogen and oxygen atoms in total. The first kappa shape index (κ1) is 51.0. The number of hydrogen-bond donors (Lipinski definition) is 0. The van der Waals surface area contributed by atoms with Crippen LogP contribution in [-0.4, -0.2) is 9.55 Å². The van der Waals surface area contributed by atoms with E-state index in [1.807, 2.05) is 91.0 Å². The van der Waals surface area contributed by atoms with Gasteiger partial charge in [0, 0.05) is 48.5 Å². The molecular formula is C62H67HfN3-4. The van der Waals surface area contributed by atoms with Crippen molar-refractivity contribution in [1.82, 2.24) is 9.55 Å². The van der Waals surface area contributed by atoms with Crippen LogP contribution in [0.25, 0.3) is 43.6 Å². The third kappa shape index (κ3) is 13.1. The predicted octanol–water partition coefficient (Wildman–Crippen LogP) is 18.1. The monoisotopic (exact) mass is 1030 g/mol. The predicted molar refractivity (Wildman–Crippen MR) is 283 cm³/mol. The fourth-order valence-corrected chi connectivity index (χ4v) is 7.72. The van der Waals surface area contributed by atoms with Gasteiger partial charge in [-0.15, -0.1) is 36.4 Å². The molecule has 338 valence electrons. The van der Waals surface area contributed by atoms with Gasteiger partial charge in [0.1, 0.15) is 0 Å². The molecule has 7 aromatic carbocycles. The number of hydrogen-bond acceptors (Lipinski definition) is 1. The maximum atomic E-state index is 5.25. The molecule has 0 fully saturated rings. The standard InChI is InChI=1S/C41H46N3.3C7H7.Hf/c1-25(2)32-12-11-13-33(26(3)4)37(32)42-36-19-15-27-20-21-44(39(27)43-36)38-34-18-17-30(40(5,6)7)23-29(34)22-28-14-16-31(24-35(28)38)41(8,9)10;3*1-7-5-3-2-4-6-7;/h11-26H,1-10H3;3*2-6H,1H2;/q4*-1;. The molecule has 2 aromatic heterocycles. The Bertz CT molecular complexity index is 2820. The van der Waals surface area contributed by atoms with E-state index in [0.717, 1.165) is 39.2 Å². The Morgan fingerprint density at radius 2 is 0.939 bits per heavy atom. The van der Waals surface area contributed by atoms with Gasteiger partial charge in [-0.2, -0.15) is 73.9 Å². The third-order valence-electron chi connectivity index (χ3n) is 11.5. The summed E-state index contributed by atoms with van der Waals surface area (Å²) in [6, 6.07) is 58.9. The number of rotatable bonds is 5. The molecule has 9 rings (SSSR count). The maximum Gasteiger partial charge on any atom is 0.0609 e. The Balaban J connectivity index is 0.000000301. The van der Waals surface area contributed by atoms with E-state index >= 15 is 0 Å². The van der Waals surface area contributed by atoms with E-state index in [0.29, 0.717) is 11.8 Å². The molecular weight excluding hydrogens is 965 g/mol. The number of para-hydroxylation sites is 1. The van der Waals surface area contributed by atoms with Gasteiger partial charge in [0.2, 0.25) is 0 Å². The smallest absolute Gasteiger partial charge is 0.0609 e. The van der Waals surface area contributed by atoms with Crippen molar-refractivity contribution in [3.8, 4) is 5.69 Å². The van der Waals surface area contributed by atoms with Crippen LogP contribution in [0.1, 0.15) is 120 Å². The summed E-state index contributed by atoms with van der Waals surface area (Å²) >= 11 is 0. The van der Waals surface area contributed by atoms with Gasteiger partial charge >= 0.3 is 0 Å². The van der Waals surface area contributed by atoms with Crippen LogP contribution in [-0.2, 0) is 36.7 Å². The van der Waals surface area contributed by atoms with Crippen LogP contribution in [0.5, 0.6) is 0 Å². The first-order valence-corrected chi connectivity index (χ1v) is 22.9. The van der Waals surface area contributed by atoms with Crippen LogP contribution in [0.15, 0.2) is 176 Å². The van der Waals surface area contributed by atoms with Gasteiger partial charge in [0.25, 0.3) is 0 Å². The van der Waals surface area contributed by atoms with Gasteiger partial charge in [0.05, 0.1) is 5.69 Å². The largest absolute Gasteiger partial charge is 0.436 e. The van der Waals surface area contributed by atoms with Gasteiger partial charge in [-0.05, 0) is 85.0 Å². The molecule has 0 radical (unpaired) electrons. The Morgan fingerprint density at radius 3 is 1.39 bits per heavy atom. The molecule has 0 saturated carbocycles. The molecule has 0 spiro atoms. The van der Waals surface area contributed by atoms with E-state index in [-0.39, 0.29) is 36.7 Å². The second-order valence-electron chi connectivity index (χ2n) is 19.5. The van der Waals surface area contributed by atoms with Crippen molar-refractivity contribution in [2.45, 2.75) is 91.9 Å².